The van der Waals surface area contributed by atoms with Crippen LogP contribution in [0, 0.1) is 0 Å². The highest BCUT2D eigenvalue weighted by atomic mass is 15.1. The predicted octanol–water partition coefficient (Wildman–Crippen LogP) is 9.09. The van der Waals surface area contributed by atoms with Crippen molar-refractivity contribution < 1.29 is 4.57 Å². The molecule has 0 amide bonds. The fraction of sp³-hybridized carbons (Fsp3) is 0.897. The van der Waals surface area contributed by atoms with Gasteiger partial charge in [0, 0.05) is 6.42 Å². The first-order valence-electron chi connectivity index (χ1n) is 14.3. The van der Waals surface area contributed by atoms with Crippen molar-refractivity contribution in [2.45, 2.75) is 162 Å². The van der Waals surface area contributed by atoms with Crippen LogP contribution in [-0.4, -0.2) is 4.57 Å². The monoisotopic (exact) mass is 433 g/mol. The van der Waals surface area contributed by atoms with Gasteiger partial charge in [0.15, 0.2) is 0 Å². The third-order valence-electron chi connectivity index (χ3n) is 6.97. The molecule has 0 saturated carbocycles. The van der Waals surface area contributed by atoms with Gasteiger partial charge in [-0.15, -0.1) is 0 Å². The molecular weight excluding hydrogens is 376 g/mol. The summed E-state index contributed by atoms with van der Waals surface area (Å²) in [6, 6.07) is 0. The lowest BCUT2D eigenvalue weighted by Crippen LogP contribution is -2.32. The molecule has 0 aliphatic rings. The normalized spacial score (nSPS) is 11.5. The molecule has 1 rings (SSSR count). The molecule has 0 atom stereocenters. The molecule has 0 radical (unpaired) electrons. The summed E-state index contributed by atoms with van der Waals surface area (Å²) in [4.78, 5) is 0. The first-order chi connectivity index (χ1) is 15.3. The summed E-state index contributed by atoms with van der Waals surface area (Å²) in [6.45, 7) is 5.81. The molecule has 0 aromatic carbocycles. The second-order valence-electron chi connectivity index (χ2n) is 9.99. The smallest absolute Gasteiger partial charge is 0.237 e. The van der Waals surface area contributed by atoms with Gasteiger partial charge in [0.25, 0.3) is 5.82 Å². The first kappa shape index (κ1) is 28.2. The van der Waals surface area contributed by atoms with Crippen LogP contribution in [0.15, 0.2) is 12.4 Å². The summed E-state index contributed by atoms with van der Waals surface area (Å²) in [5, 5.41) is 0. The van der Waals surface area contributed by atoms with Gasteiger partial charge in [-0.1, -0.05) is 129 Å². The molecule has 1 heterocycles. The number of imidazole rings is 1. The Morgan fingerprint density at radius 3 is 1.39 bits per heavy atom. The number of nitrogens with zero attached hydrogens (tertiary/aromatic N) is 2. The minimum absolute atomic E-state index is 1.21. The zero-order valence-corrected chi connectivity index (χ0v) is 21.8. The SMILES string of the molecule is CCCCCCCCCCCCCCCCCCn1cc[n+](C)c1CCCCCCC. The van der Waals surface area contributed by atoms with E-state index in [0.717, 1.165) is 0 Å². The second kappa shape index (κ2) is 21.1. The lowest BCUT2D eigenvalue weighted by molar-refractivity contribution is -0.678. The Hall–Kier alpha value is -0.790. The van der Waals surface area contributed by atoms with Gasteiger partial charge in [0.05, 0.1) is 13.6 Å². The molecule has 0 bridgehead atoms. The minimum Gasteiger partial charge on any atom is -0.237 e. The van der Waals surface area contributed by atoms with Crippen LogP contribution in [0.25, 0.3) is 0 Å². The van der Waals surface area contributed by atoms with Crippen LogP contribution in [0.5, 0.6) is 0 Å². The summed E-state index contributed by atoms with van der Waals surface area (Å²) in [5.74, 6) is 1.53. The third kappa shape index (κ3) is 15.6. The van der Waals surface area contributed by atoms with E-state index >= 15 is 0 Å². The van der Waals surface area contributed by atoms with E-state index in [2.05, 4.69) is 42.4 Å². The number of aryl methyl sites for hydroxylation is 2. The van der Waals surface area contributed by atoms with Crippen LogP contribution in [0.2, 0.25) is 0 Å². The van der Waals surface area contributed by atoms with Crippen molar-refractivity contribution in [3.05, 3.63) is 18.2 Å². The fourth-order valence-corrected chi connectivity index (χ4v) is 4.80. The largest absolute Gasteiger partial charge is 0.256 e. The van der Waals surface area contributed by atoms with Gasteiger partial charge in [-0.3, -0.25) is 0 Å². The minimum atomic E-state index is 1.21. The maximum atomic E-state index is 2.52. The highest BCUT2D eigenvalue weighted by Crippen LogP contribution is 2.14. The van der Waals surface area contributed by atoms with Gasteiger partial charge in [-0.05, 0) is 19.3 Å². The van der Waals surface area contributed by atoms with E-state index < -0.39 is 0 Å². The van der Waals surface area contributed by atoms with Crippen molar-refractivity contribution in [1.29, 1.82) is 0 Å². The van der Waals surface area contributed by atoms with Crippen LogP contribution in [0.3, 0.4) is 0 Å². The topological polar surface area (TPSA) is 8.81 Å². The molecule has 0 fully saturated rings. The van der Waals surface area contributed by atoms with Gasteiger partial charge < -0.3 is 0 Å². The fourth-order valence-electron chi connectivity index (χ4n) is 4.80. The van der Waals surface area contributed by atoms with Crippen molar-refractivity contribution in [1.82, 2.24) is 4.57 Å². The van der Waals surface area contributed by atoms with E-state index in [4.69, 9.17) is 0 Å². The molecule has 0 saturated heterocycles. The Balaban J connectivity index is 1.91. The highest BCUT2D eigenvalue weighted by molar-refractivity contribution is 4.84. The Kier molecular flexibility index (Phi) is 19.2. The second-order valence-corrected chi connectivity index (χ2v) is 9.99. The van der Waals surface area contributed by atoms with Crippen molar-refractivity contribution in [3.63, 3.8) is 0 Å². The van der Waals surface area contributed by atoms with Crippen molar-refractivity contribution in [3.8, 4) is 0 Å². The lowest BCUT2D eigenvalue weighted by Gasteiger charge is -2.05. The molecule has 1 aromatic rings. The Morgan fingerprint density at radius 2 is 0.935 bits per heavy atom. The molecule has 0 N–H and O–H groups in total. The van der Waals surface area contributed by atoms with Gasteiger partial charge >= 0.3 is 0 Å². The summed E-state index contributed by atoms with van der Waals surface area (Å²) < 4.78 is 4.86. The molecule has 0 aliphatic carbocycles. The molecule has 1 aromatic heterocycles. The maximum absolute atomic E-state index is 2.52. The average Bonchev–Trinajstić information content (AvgIpc) is 3.12. The van der Waals surface area contributed by atoms with Crippen LogP contribution in [0.4, 0.5) is 0 Å². The Morgan fingerprint density at radius 1 is 0.548 bits per heavy atom. The summed E-state index contributed by atoms with van der Waals surface area (Å²) >= 11 is 0. The van der Waals surface area contributed by atoms with Crippen molar-refractivity contribution in [2.24, 2.45) is 7.05 Å². The molecular formula is C29H57N2+. The molecule has 2 heteroatoms. The number of rotatable bonds is 23. The van der Waals surface area contributed by atoms with E-state index in [0.29, 0.717) is 0 Å². The standard InChI is InChI=1S/C29H57N2/c1-4-6-8-10-11-12-13-14-15-16-17-18-19-20-22-24-26-31-28-27-30(3)29(31)25-23-21-9-7-5-2/h27-28H,4-26H2,1-3H3/q+1. The van der Waals surface area contributed by atoms with E-state index in [1.807, 2.05) is 0 Å². The molecule has 2 nitrogen and oxygen atoms in total. The zero-order valence-electron chi connectivity index (χ0n) is 21.8. The average molecular weight is 434 g/mol. The molecule has 0 spiro atoms. The zero-order chi connectivity index (χ0) is 22.4. The van der Waals surface area contributed by atoms with Gasteiger partial charge in [-0.2, -0.15) is 0 Å². The molecule has 182 valence electrons. The number of aromatic nitrogens is 2. The number of unbranched alkanes of at least 4 members (excludes halogenated alkanes) is 19. The van der Waals surface area contributed by atoms with Crippen LogP contribution in [0.1, 0.15) is 155 Å². The highest BCUT2D eigenvalue weighted by Gasteiger charge is 2.13. The number of hydrogen-bond donors (Lipinski definition) is 0. The Bertz CT molecular complexity index is 491. The maximum Gasteiger partial charge on any atom is 0.256 e. The van der Waals surface area contributed by atoms with E-state index in [9.17, 15) is 0 Å². The summed E-state index contributed by atoms with van der Waals surface area (Å²) in [6.07, 6.45) is 35.8. The van der Waals surface area contributed by atoms with Gasteiger partial charge in [-0.25, -0.2) is 9.13 Å². The lowest BCUT2D eigenvalue weighted by atomic mass is 10.0. The first-order valence-corrected chi connectivity index (χ1v) is 14.3. The van der Waals surface area contributed by atoms with Crippen LogP contribution >= 0.6 is 0 Å². The molecule has 0 unspecified atom stereocenters. The summed E-state index contributed by atoms with van der Waals surface area (Å²) in [7, 11) is 2.21. The van der Waals surface area contributed by atoms with E-state index in [1.165, 1.54) is 154 Å². The van der Waals surface area contributed by atoms with Crippen molar-refractivity contribution >= 4 is 0 Å². The predicted molar refractivity (Wildman–Crippen MR) is 138 cm³/mol. The van der Waals surface area contributed by atoms with Crippen LogP contribution < -0.4 is 4.57 Å². The van der Waals surface area contributed by atoms with Gasteiger partial charge in [0.1, 0.15) is 12.4 Å². The number of hydrogen-bond acceptors (Lipinski definition) is 0. The van der Waals surface area contributed by atoms with Gasteiger partial charge in [0.2, 0.25) is 0 Å². The molecule has 0 aliphatic heterocycles. The third-order valence-corrected chi connectivity index (χ3v) is 6.97. The summed E-state index contributed by atoms with van der Waals surface area (Å²) in [5.41, 5.74) is 0. The molecule has 31 heavy (non-hydrogen) atoms. The van der Waals surface area contributed by atoms with E-state index in [1.54, 1.807) is 0 Å². The van der Waals surface area contributed by atoms with Crippen LogP contribution in [-0.2, 0) is 20.0 Å². The quantitative estimate of drug-likeness (QED) is 0.120. The van der Waals surface area contributed by atoms with E-state index in [-0.39, 0.29) is 0 Å². The Labute approximate surface area is 196 Å². The van der Waals surface area contributed by atoms with Crippen molar-refractivity contribution in [2.75, 3.05) is 0 Å².